The van der Waals surface area contributed by atoms with Crippen LogP contribution in [0.15, 0.2) is 109 Å². The average molecular weight is 623 g/mol. The molecule has 0 fully saturated rings. The lowest BCUT2D eigenvalue weighted by Gasteiger charge is -2.27. The van der Waals surface area contributed by atoms with Gasteiger partial charge in [0.15, 0.2) is 0 Å². The van der Waals surface area contributed by atoms with Crippen LogP contribution in [0.25, 0.3) is 75.8 Å². The molecule has 1 N–H and O–H groups in total. The van der Waals surface area contributed by atoms with Gasteiger partial charge in [0.05, 0.1) is 0 Å². The second-order valence-corrected chi connectivity index (χ2v) is 16.4. The van der Waals surface area contributed by atoms with E-state index in [0.717, 1.165) is 6.42 Å². The molecular formula is C47H42O. The lowest BCUT2D eigenvalue weighted by atomic mass is 9.76. The smallest absolute Gasteiger partial charge is 0.111 e. The van der Waals surface area contributed by atoms with Gasteiger partial charge in [-0.05, 0) is 141 Å². The van der Waals surface area contributed by atoms with Crippen molar-refractivity contribution in [2.24, 2.45) is 0 Å². The van der Waals surface area contributed by atoms with E-state index in [4.69, 9.17) is 0 Å². The maximum absolute atomic E-state index is 10.4. The topological polar surface area (TPSA) is 20.2 Å². The van der Waals surface area contributed by atoms with Gasteiger partial charge in [0, 0.05) is 5.92 Å². The molecular weight excluding hydrogens is 581 g/mol. The SMILES string of the molecule is Cc1ccc(-c2cc3cc(C(C)(C)C)cc4cc(C5C=CC(O)=CC5)c5c6ccc7cc(C(C)(C)C)cc8ccc(c2c5c34)c6c87)cc1. The van der Waals surface area contributed by atoms with E-state index in [9.17, 15) is 5.11 Å². The Morgan fingerprint density at radius 3 is 1.71 bits per heavy atom. The Balaban J connectivity index is 1.56. The van der Waals surface area contributed by atoms with Crippen LogP contribution in [0.1, 0.15) is 76.1 Å². The molecule has 8 aromatic carbocycles. The molecule has 0 aliphatic heterocycles. The minimum Gasteiger partial charge on any atom is -0.508 e. The molecule has 1 heteroatoms. The molecule has 0 spiro atoms. The maximum atomic E-state index is 10.4. The van der Waals surface area contributed by atoms with Gasteiger partial charge in [-0.1, -0.05) is 126 Å². The van der Waals surface area contributed by atoms with Gasteiger partial charge >= 0.3 is 0 Å². The number of benzene rings is 8. The van der Waals surface area contributed by atoms with Gasteiger partial charge in [-0.15, -0.1) is 0 Å². The summed E-state index contributed by atoms with van der Waals surface area (Å²) in [5.74, 6) is 0.525. The molecule has 0 saturated carbocycles. The molecule has 1 aliphatic carbocycles. The summed E-state index contributed by atoms with van der Waals surface area (Å²) in [6.07, 6.45) is 6.85. The Labute approximate surface area is 282 Å². The quantitative estimate of drug-likeness (QED) is 0.150. The van der Waals surface area contributed by atoms with Crippen LogP contribution in [0.5, 0.6) is 0 Å². The normalized spacial score (nSPS) is 16.1. The Kier molecular flexibility index (Phi) is 5.99. The second-order valence-electron chi connectivity index (χ2n) is 16.4. The van der Waals surface area contributed by atoms with Gasteiger partial charge in [-0.3, -0.25) is 0 Å². The minimum absolute atomic E-state index is 0.0105. The summed E-state index contributed by atoms with van der Waals surface area (Å²) in [4.78, 5) is 0. The van der Waals surface area contributed by atoms with Crippen LogP contribution in [-0.4, -0.2) is 5.11 Å². The van der Waals surface area contributed by atoms with Crippen molar-refractivity contribution in [1.29, 1.82) is 0 Å². The zero-order chi connectivity index (χ0) is 33.3. The molecule has 0 bridgehead atoms. The third-order valence-electron chi connectivity index (χ3n) is 11.1. The van der Waals surface area contributed by atoms with Crippen molar-refractivity contribution >= 4 is 64.6 Å². The minimum atomic E-state index is 0.0105. The van der Waals surface area contributed by atoms with E-state index in [1.807, 2.05) is 12.2 Å². The van der Waals surface area contributed by atoms with Crippen LogP contribution < -0.4 is 0 Å². The molecule has 0 amide bonds. The predicted molar refractivity (Wildman–Crippen MR) is 209 cm³/mol. The van der Waals surface area contributed by atoms with Crippen molar-refractivity contribution in [1.82, 2.24) is 0 Å². The van der Waals surface area contributed by atoms with Crippen molar-refractivity contribution in [3.8, 4) is 11.1 Å². The van der Waals surface area contributed by atoms with Crippen LogP contribution >= 0.6 is 0 Å². The Morgan fingerprint density at radius 2 is 1.12 bits per heavy atom. The first-order valence-corrected chi connectivity index (χ1v) is 17.4. The van der Waals surface area contributed by atoms with Crippen LogP contribution in [-0.2, 0) is 10.8 Å². The molecule has 236 valence electrons. The molecule has 48 heavy (non-hydrogen) atoms. The van der Waals surface area contributed by atoms with E-state index in [1.54, 1.807) is 0 Å². The highest BCUT2D eigenvalue weighted by Crippen LogP contribution is 2.52. The van der Waals surface area contributed by atoms with E-state index < -0.39 is 0 Å². The third kappa shape index (κ3) is 4.23. The van der Waals surface area contributed by atoms with Crippen LogP contribution in [0.4, 0.5) is 0 Å². The number of aryl methyl sites for hydroxylation is 1. The highest BCUT2D eigenvalue weighted by Gasteiger charge is 2.27. The number of rotatable bonds is 2. The van der Waals surface area contributed by atoms with E-state index in [0.29, 0.717) is 5.76 Å². The first-order chi connectivity index (χ1) is 22.9. The van der Waals surface area contributed by atoms with Gasteiger partial charge < -0.3 is 5.11 Å². The van der Waals surface area contributed by atoms with Crippen molar-refractivity contribution in [3.05, 3.63) is 131 Å². The highest BCUT2D eigenvalue weighted by molar-refractivity contribution is 6.42. The van der Waals surface area contributed by atoms with Gasteiger partial charge in [0.25, 0.3) is 0 Å². The van der Waals surface area contributed by atoms with Crippen LogP contribution in [0.3, 0.4) is 0 Å². The van der Waals surface area contributed by atoms with E-state index in [2.05, 4.69) is 139 Å². The van der Waals surface area contributed by atoms with E-state index >= 15 is 0 Å². The second kappa shape index (κ2) is 9.83. The lowest BCUT2D eigenvalue weighted by molar-refractivity contribution is 0.425. The van der Waals surface area contributed by atoms with Crippen LogP contribution in [0.2, 0.25) is 0 Å². The molecule has 1 aliphatic rings. The molecule has 0 aromatic heterocycles. The van der Waals surface area contributed by atoms with Crippen LogP contribution in [0, 0.1) is 6.92 Å². The summed E-state index contributed by atoms with van der Waals surface area (Å²) < 4.78 is 0. The fourth-order valence-electron chi connectivity index (χ4n) is 8.44. The van der Waals surface area contributed by atoms with Crippen molar-refractivity contribution in [3.63, 3.8) is 0 Å². The Hall–Kier alpha value is -4.88. The standard InChI is InChI=1S/C47H42O/c1-26-8-10-27(11-9-26)38-24-31-22-34(47(5,6)7)23-32-25-39(28-12-16-35(48)17-13-28)44-37-19-15-30-21-33(46(2,3)4)20-29-14-18-36(42(37)40(29)30)43(38)45(44)41(31)32/h8-12,14-25,28,48H,13H2,1-7H3. The lowest BCUT2D eigenvalue weighted by Crippen LogP contribution is -2.11. The molecule has 1 atom stereocenters. The first-order valence-electron chi connectivity index (χ1n) is 17.4. The van der Waals surface area contributed by atoms with E-state index in [-0.39, 0.29) is 16.7 Å². The molecule has 8 aromatic rings. The molecule has 0 radical (unpaired) electrons. The predicted octanol–water partition coefficient (Wildman–Crippen LogP) is 13.5. The third-order valence-corrected chi connectivity index (χ3v) is 11.1. The summed E-state index contributed by atoms with van der Waals surface area (Å²) in [7, 11) is 0. The summed E-state index contributed by atoms with van der Waals surface area (Å²) >= 11 is 0. The van der Waals surface area contributed by atoms with E-state index in [1.165, 1.54) is 98.0 Å². The monoisotopic (exact) mass is 622 g/mol. The van der Waals surface area contributed by atoms with Crippen molar-refractivity contribution < 1.29 is 5.11 Å². The number of allylic oxidation sites excluding steroid dienone is 3. The average Bonchev–Trinajstić information content (AvgIpc) is 3.05. The summed E-state index contributed by atoms with van der Waals surface area (Å²) in [6.45, 7) is 16.0. The molecule has 1 unspecified atom stereocenters. The molecule has 9 rings (SSSR count). The molecule has 0 heterocycles. The molecule has 1 nitrogen and oxygen atoms in total. The summed E-state index contributed by atoms with van der Waals surface area (Å²) in [6, 6.07) is 33.3. The number of aliphatic hydroxyl groups is 1. The zero-order valence-corrected chi connectivity index (χ0v) is 29.0. The Morgan fingerprint density at radius 1 is 0.562 bits per heavy atom. The van der Waals surface area contributed by atoms with Crippen molar-refractivity contribution in [2.45, 2.75) is 71.6 Å². The molecule has 0 saturated heterocycles. The number of hydrogen-bond acceptors (Lipinski definition) is 1. The van der Waals surface area contributed by atoms with Gasteiger partial charge in [-0.2, -0.15) is 0 Å². The zero-order valence-electron chi connectivity index (χ0n) is 29.0. The maximum Gasteiger partial charge on any atom is 0.111 e. The van der Waals surface area contributed by atoms with Crippen molar-refractivity contribution in [2.75, 3.05) is 0 Å². The number of fused-ring (bicyclic) bond motifs is 2. The number of hydrogen-bond donors (Lipinski definition) is 1. The fraction of sp³-hybridized carbons (Fsp3) is 0.234. The van der Waals surface area contributed by atoms with Gasteiger partial charge in [0.2, 0.25) is 0 Å². The summed E-state index contributed by atoms with van der Waals surface area (Å²) in [5, 5.41) is 26.4. The van der Waals surface area contributed by atoms with Gasteiger partial charge in [-0.25, -0.2) is 0 Å². The largest absolute Gasteiger partial charge is 0.508 e. The first kappa shape index (κ1) is 29.3. The highest BCUT2D eigenvalue weighted by atomic mass is 16.3. The Bertz CT molecular complexity index is 2630. The fourth-order valence-corrected chi connectivity index (χ4v) is 8.44. The van der Waals surface area contributed by atoms with Gasteiger partial charge in [0.1, 0.15) is 5.76 Å². The number of aliphatic hydroxyl groups excluding tert-OH is 1. The summed E-state index contributed by atoms with van der Waals surface area (Å²) in [5.41, 5.74) is 7.94.